The molecule has 0 aromatic carbocycles. The zero-order valence-electron chi connectivity index (χ0n) is 48.9. The fourth-order valence-electron chi connectivity index (χ4n) is 8.93. The van der Waals surface area contributed by atoms with Crippen LogP contribution in [0.15, 0.2) is 48.6 Å². The van der Waals surface area contributed by atoms with Crippen LogP contribution in [0.25, 0.3) is 0 Å². The third-order valence-electron chi connectivity index (χ3n) is 13.8. The van der Waals surface area contributed by atoms with Crippen LogP contribution in [0.3, 0.4) is 0 Å². The van der Waals surface area contributed by atoms with Gasteiger partial charge >= 0.3 is 13.8 Å². The minimum atomic E-state index is -4.46. The maximum Gasteiger partial charge on any atom is 0.472 e. The van der Waals surface area contributed by atoms with Gasteiger partial charge in [0.1, 0.15) is 19.3 Å². The van der Waals surface area contributed by atoms with Crippen LogP contribution in [-0.4, -0.2) is 74.3 Å². The van der Waals surface area contributed by atoms with Crippen LogP contribution < -0.4 is 5.32 Å². The predicted molar refractivity (Wildman–Crippen MR) is 314 cm³/mol. The first-order valence-electron chi connectivity index (χ1n) is 31.0. The number of quaternary nitrogens is 1. The van der Waals surface area contributed by atoms with Crippen molar-refractivity contribution in [3.8, 4) is 0 Å². The summed E-state index contributed by atoms with van der Waals surface area (Å²) in [6.07, 6.45) is 65.6. The van der Waals surface area contributed by atoms with Crippen molar-refractivity contribution in [1.82, 2.24) is 5.32 Å². The number of esters is 1. The Hall–Kier alpha value is -2.03. The molecule has 0 aliphatic heterocycles. The van der Waals surface area contributed by atoms with Gasteiger partial charge in [-0.05, 0) is 76.7 Å². The molecule has 0 bridgehead atoms. The molecule has 0 spiro atoms. The number of phosphoric ester groups is 1. The molecule has 0 aromatic heterocycles. The lowest BCUT2D eigenvalue weighted by Gasteiger charge is -2.27. The molecule has 0 rings (SSSR count). The Bertz CT molecular complexity index is 1390. The van der Waals surface area contributed by atoms with Crippen molar-refractivity contribution >= 4 is 19.7 Å². The largest absolute Gasteiger partial charge is 0.472 e. The van der Waals surface area contributed by atoms with Crippen molar-refractivity contribution in [1.29, 1.82) is 0 Å². The molecule has 3 unspecified atom stereocenters. The lowest BCUT2D eigenvalue weighted by molar-refractivity contribution is -0.870. The van der Waals surface area contributed by atoms with Crippen molar-refractivity contribution in [2.75, 3.05) is 40.9 Å². The average molecular weight is 1050 g/mol. The second-order valence-corrected chi connectivity index (χ2v) is 23.7. The topological polar surface area (TPSA) is 111 Å². The normalized spacial score (nSPS) is 14.0. The Morgan fingerprint density at radius 1 is 0.479 bits per heavy atom. The number of amides is 1. The average Bonchev–Trinajstić information content (AvgIpc) is 3.35. The molecular weight excluding hydrogens is 928 g/mol. The van der Waals surface area contributed by atoms with E-state index in [4.69, 9.17) is 13.8 Å². The standard InChI is InChI=1S/C63H119N2O7P/c1-7-10-13-16-19-22-25-28-29-30-31-32-33-34-35-38-41-44-47-50-53-56-63(67)72-61(54-51-48-45-42-39-36-26-23-20-17-14-11-8-2)60(59-71-73(68,69)70-58-57-65(4,5)6)64-62(66)55-52-49-46-43-40-37-27-24-21-18-15-12-9-3/h28-29,37,40,46,49,51,54,60-61H,7-27,30-36,38-39,41-45,47-48,50,52-53,55-59H2,1-6H3,(H-,64,66,68,69)/p+1/b29-28+,40-37-,49-46+,54-51-. The smallest absolute Gasteiger partial charge is 0.456 e. The second kappa shape index (κ2) is 53.4. The summed E-state index contributed by atoms with van der Waals surface area (Å²) in [6.45, 7) is 6.98. The van der Waals surface area contributed by atoms with E-state index < -0.39 is 20.0 Å². The van der Waals surface area contributed by atoms with Crippen LogP contribution in [0.4, 0.5) is 0 Å². The van der Waals surface area contributed by atoms with Gasteiger partial charge < -0.3 is 19.4 Å². The van der Waals surface area contributed by atoms with E-state index >= 15 is 0 Å². The van der Waals surface area contributed by atoms with E-state index in [-0.39, 0.29) is 37.9 Å². The number of phosphoric acid groups is 1. The van der Waals surface area contributed by atoms with Crippen LogP contribution >= 0.6 is 7.82 Å². The number of hydrogen-bond donors (Lipinski definition) is 2. The fourth-order valence-corrected chi connectivity index (χ4v) is 9.66. The number of ether oxygens (including phenoxy) is 1. The molecule has 2 N–H and O–H groups in total. The molecule has 0 fully saturated rings. The first-order valence-corrected chi connectivity index (χ1v) is 32.5. The summed E-state index contributed by atoms with van der Waals surface area (Å²) >= 11 is 0. The molecule has 0 aromatic rings. The Balaban J connectivity index is 5.27. The van der Waals surface area contributed by atoms with Gasteiger partial charge in [-0.1, -0.05) is 250 Å². The summed E-state index contributed by atoms with van der Waals surface area (Å²) in [5.74, 6) is -0.576. The van der Waals surface area contributed by atoms with E-state index in [2.05, 4.69) is 56.5 Å². The monoisotopic (exact) mass is 1050 g/mol. The van der Waals surface area contributed by atoms with Gasteiger partial charge in [-0.3, -0.25) is 18.6 Å². The van der Waals surface area contributed by atoms with Crippen LogP contribution in [0.1, 0.15) is 290 Å². The maximum atomic E-state index is 13.5. The molecule has 0 heterocycles. The highest BCUT2D eigenvalue weighted by molar-refractivity contribution is 7.47. The SMILES string of the molecule is CCCCCCCC/C=C\C/C=C/CCC(=O)NC(COP(=O)(O)OCC[N+](C)(C)C)C(/C=C\CCCCCCCCCCCCC)OC(=O)CCCCCCCCCCCCC/C=C/CCCCCCCC. The van der Waals surface area contributed by atoms with Crippen molar-refractivity contribution in [2.24, 2.45) is 0 Å². The van der Waals surface area contributed by atoms with Gasteiger partial charge in [0.05, 0.1) is 33.8 Å². The number of nitrogens with one attached hydrogen (secondary N) is 1. The summed E-state index contributed by atoms with van der Waals surface area (Å²) < 4.78 is 30.6. The number of hydrogen-bond acceptors (Lipinski definition) is 6. The van der Waals surface area contributed by atoms with Gasteiger partial charge in [-0.2, -0.15) is 0 Å². The van der Waals surface area contributed by atoms with Gasteiger partial charge in [-0.25, -0.2) is 4.57 Å². The number of rotatable bonds is 56. The molecule has 0 radical (unpaired) electrons. The highest BCUT2D eigenvalue weighted by atomic mass is 31.2. The molecule has 0 saturated heterocycles. The van der Waals surface area contributed by atoms with Gasteiger partial charge in [0, 0.05) is 12.8 Å². The predicted octanol–water partition coefficient (Wildman–Crippen LogP) is 18.9. The summed E-state index contributed by atoms with van der Waals surface area (Å²) in [5, 5.41) is 3.01. The molecule has 0 aliphatic rings. The Morgan fingerprint density at radius 2 is 0.849 bits per heavy atom. The Labute approximate surface area is 452 Å². The van der Waals surface area contributed by atoms with Crippen molar-refractivity contribution in [3.63, 3.8) is 0 Å². The third-order valence-corrected chi connectivity index (χ3v) is 14.7. The molecular formula is C63H120N2O7P+. The number of allylic oxidation sites excluding steroid dienone is 7. The molecule has 0 saturated carbocycles. The minimum absolute atomic E-state index is 0.0316. The first kappa shape index (κ1) is 71.0. The third kappa shape index (κ3) is 54.6. The number of carbonyl (C=O) groups excluding carboxylic acids is 2. The van der Waals surface area contributed by atoms with Crippen LogP contribution in [0, 0.1) is 0 Å². The van der Waals surface area contributed by atoms with Crippen molar-refractivity contribution in [3.05, 3.63) is 48.6 Å². The summed E-state index contributed by atoms with van der Waals surface area (Å²) in [6, 6.07) is -0.877. The summed E-state index contributed by atoms with van der Waals surface area (Å²) in [5.41, 5.74) is 0. The van der Waals surface area contributed by atoms with E-state index in [9.17, 15) is 19.0 Å². The fraction of sp³-hybridized carbons (Fsp3) is 0.841. The van der Waals surface area contributed by atoms with E-state index in [0.29, 0.717) is 17.4 Å². The second-order valence-electron chi connectivity index (χ2n) is 22.2. The van der Waals surface area contributed by atoms with Crippen LogP contribution in [0.5, 0.6) is 0 Å². The quantitative estimate of drug-likeness (QED) is 0.0205. The van der Waals surface area contributed by atoms with E-state index in [1.165, 1.54) is 199 Å². The molecule has 0 aliphatic carbocycles. The van der Waals surface area contributed by atoms with Crippen molar-refractivity contribution in [2.45, 2.75) is 303 Å². The van der Waals surface area contributed by atoms with E-state index in [0.717, 1.165) is 51.4 Å². The molecule has 3 atom stereocenters. The highest BCUT2D eigenvalue weighted by Gasteiger charge is 2.30. The van der Waals surface area contributed by atoms with Gasteiger partial charge in [0.2, 0.25) is 5.91 Å². The zero-order valence-corrected chi connectivity index (χ0v) is 49.8. The zero-order chi connectivity index (χ0) is 53.6. The number of nitrogens with zero attached hydrogens (tertiary/aromatic N) is 1. The maximum absolute atomic E-state index is 13.5. The lowest BCUT2D eigenvalue weighted by atomic mass is 10.0. The van der Waals surface area contributed by atoms with E-state index in [1.807, 2.05) is 39.4 Å². The summed E-state index contributed by atoms with van der Waals surface area (Å²) in [4.78, 5) is 37.6. The number of likely N-dealkylation sites (N-methyl/N-ethyl adjacent to an activating group) is 1. The highest BCUT2D eigenvalue weighted by Crippen LogP contribution is 2.43. The molecule has 9 nitrogen and oxygen atoms in total. The van der Waals surface area contributed by atoms with Crippen molar-refractivity contribution < 1.29 is 37.3 Å². The first-order chi connectivity index (χ1) is 35.4. The van der Waals surface area contributed by atoms with Gasteiger partial charge in [-0.15, -0.1) is 0 Å². The van der Waals surface area contributed by atoms with Crippen LogP contribution in [-0.2, 0) is 27.9 Å². The van der Waals surface area contributed by atoms with Gasteiger partial charge in [0.25, 0.3) is 0 Å². The molecule has 1 amide bonds. The minimum Gasteiger partial charge on any atom is -0.456 e. The van der Waals surface area contributed by atoms with Gasteiger partial charge in [0.15, 0.2) is 0 Å². The Morgan fingerprint density at radius 3 is 1.27 bits per heavy atom. The summed E-state index contributed by atoms with van der Waals surface area (Å²) in [7, 11) is 1.47. The van der Waals surface area contributed by atoms with E-state index in [1.54, 1.807) is 0 Å². The number of carbonyl (C=O) groups is 2. The lowest BCUT2D eigenvalue weighted by Crippen LogP contribution is -2.47. The van der Waals surface area contributed by atoms with Crippen LogP contribution in [0.2, 0.25) is 0 Å². The Kier molecular flexibility index (Phi) is 51.9. The number of unbranched alkanes of at least 4 members (excludes halogenated alkanes) is 34. The molecule has 10 heteroatoms. The molecule has 428 valence electrons. The molecule has 73 heavy (non-hydrogen) atoms.